The fourth-order valence-electron chi connectivity index (χ4n) is 3.11. The van der Waals surface area contributed by atoms with E-state index in [2.05, 4.69) is 41.5 Å². The van der Waals surface area contributed by atoms with Gasteiger partial charge in [-0.1, -0.05) is 25.0 Å². The monoisotopic (exact) mass is 242 g/mol. The Labute approximate surface area is 109 Å². The van der Waals surface area contributed by atoms with E-state index < -0.39 is 0 Å². The molecule has 3 rings (SSSR count). The van der Waals surface area contributed by atoms with Crippen molar-refractivity contribution < 1.29 is 0 Å². The number of H-pyrrole nitrogens is 1. The summed E-state index contributed by atoms with van der Waals surface area (Å²) >= 11 is 0. The van der Waals surface area contributed by atoms with Gasteiger partial charge in [0.1, 0.15) is 0 Å². The first-order chi connectivity index (χ1) is 8.83. The zero-order valence-corrected chi connectivity index (χ0v) is 11.1. The van der Waals surface area contributed by atoms with Crippen LogP contribution in [-0.4, -0.2) is 11.0 Å². The van der Waals surface area contributed by atoms with Crippen molar-refractivity contribution in [2.75, 3.05) is 0 Å². The zero-order valence-electron chi connectivity index (χ0n) is 11.1. The van der Waals surface area contributed by atoms with Crippen LogP contribution >= 0.6 is 0 Å². The lowest BCUT2D eigenvalue weighted by Crippen LogP contribution is -2.31. The third kappa shape index (κ3) is 2.44. The summed E-state index contributed by atoms with van der Waals surface area (Å²) < 4.78 is 0. The summed E-state index contributed by atoms with van der Waals surface area (Å²) in [4.78, 5) is 3.27. The molecule has 2 heteroatoms. The Bertz CT molecular complexity index is 509. The summed E-state index contributed by atoms with van der Waals surface area (Å²) in [6, 6.07) is 9.44. The molecule has 2 nitrogen and oxygen atoms in total. The van der Waals surface area contributed by atoms with E-state index in [1.54, 1.807) is 0 Å². The topological polar surface area (TPSA) is 27.8 Å². The number of benzene rings is 1. The van der Waals surface area contributed by atoms with Gasteiger partial charge in [0, 0.05) is 24.3 Å². The van der Waals surface area contributed by atoms with Crippen LogP contribution in [0.3, 0.4) is 0 Å². The molecule has 0 saturated heterocycles. The lowest BCUT2D eigenvalue weighted by atomic mass is 9.99. The molecule has 2 N–H and O–H groups in total. The summed E-state index contributed by atoms with van der Waals surface area (Å²) in [5.74, 6) is 0.888. The predicted octanol–water partition coefficient (Wildman–Crippen LogP) is 3.84. The Morgan fingerprint density at radius 1 is 1.28 bits per heavy atom. The molecule has 96 valence electrons. The summed E-state index contributed by atoms with van der Waals surface area (Å²) in [5, 5.41) is 4.98. The Hall–Kier alpha value is -1.28. The van der Waals surface area contributed by atoms with Crippen molar-refractivity contribution in [3.63, 3.8) is 0 Å². The molecule has 0 bridgehead atoms. The number of aromatic nitrogens is 1. The lowest BCUT2D eigenvalue weighted by molar-refractivity contribution is 0.380. The van der Waals surface area contributed by atoms with E-state index in [1.165, 1.54) is 42.1 Å². The van der Waals surface area contributed by atoms with Crippen molar-refractivity contribution in [3.8, 4) is 0 Å². The van der Waals surface area contributed by atoms with Gasteiger partial charge in [0.2, 0.25) is 0 Å². The second kappa shape index (κ2) is 5.15. The van der Waals surface area contributed by atoms with E-state index in [1.807, 2.05) is 6.20 Å². The second-order valence-electron chi connectivity index (χ2n) is 5.61. The van der Waals surface area contributed by atoms with Crippen molar-refractivity contribution in [3.05, 3.63) is 36.0 Å². The number of hydrogen-bond acceptors (Lipinski definition) is 1. The van der Waals surface area contributed by atoms with Gasteiger partial charge in [-0.2, -0.15) is 0 Å². The van der Waals surface area contributed by atoms with E-state index >= 15 is 0 Å². The molecular formula is C16H22N2. The summed E-state index contributed by atoms with van der Waals surface area (Å²) in [6.45, 7) is 3.32. The molecule has 0 aliphatic heterocycles. The van der Waals surface area contributed by atoms with E-state index in [4.69, 9.17) is 0 Å². The van der Waals surface area contributed by atoms with Gasteiger partial charge in [-0.25, -0.2) is 0 Å². The minimum atomic E-state index is 0.645. The number of fused-ring (bicyclic) bond motifs is 1. The van der Waals surface area contributed by atoms with Crippen molar-refractivity contribution in [2.24, 2.45) is 5.92 Å². The van der Waals surface area contributed by atoms with Crippen LogP contribution in [0, 0.1) is 5.92 Å². The third-order valence-electron chi connectivity index (χ3n) is 4.35. The number of rotatable bonds is 4. The fraction of sp³-hybridized carbons (Fsp3) is 0.500. The van der Waals surface area contributed by atoms with Crippen LogP contribution < -0.4 is 5.32 Å². The molecule has 0 amide bonds. The standard InChI is InChI=1S/C16H22N2/c1-12(14-4-2-3-5-14)18-11-13-6-7-15-8-9-17-16(15)10-13/h6-10,12,14,17-18H,2-5,11H2,1H3/t12-/m0/s1. The molecule has 1 fully saturated rings. The Morgan fingerprint density at radius 3 is 2.94 bits per heavy atom. The molecule has 1 heterocycles. The second-order valence-corrected chi connectivity index (χ2v) is 5.61. The van der Waals surface area contributed by atoms with Gasteiger partial charge in [0.15, 0.2) is 0 Å². The van der Waals surface area contributed by atoms with Gasteiger partial charge in [-0.05, 0) is 48.8 Å². The normalized spacial score (nSPS) is 18.5. The smallest absolute Gasteiger partial charge is 0.0457 e. The average Bonchev–Trinajstić information content (AvgIpc) is 3.05. The van der Waals surface area contributed by atoms with E-state index in [0.717, 1.165) is 12.5 Å². The first kappa shape index (κ1) is 11.8. The largest absolute Gasteiger partial charge is 0.361 e. The molecule has 1 aromatic carbocycles. The Morgan fingerprint density at radius 2 is 2.11 bits per heavy atom. The summed E-state index contributed by atoms with van der Waals surface area (Å²) in [6.07, 6.45) is 7.66. The quantitative estimate of drug-likeness (QED) is 0.837. The molecule has 1 saturated carbocycles. The first-order valence-electron chi connectivity index (χ1n) is 7.12. The van der Waals surface area contributed by atoms with E-state index in [9.17, 15) is 0 Å². The van der Waals surface area contributed by atoms with Crippen molar-refractivity contribution in [1.82, 2.24) is 10.3 Å². The summed E-state index contributed by atoms with van der Waals surface area (Å²) in [5.41, 5.74) is 2.61. The molecule has 1 aromatic heterocycles. The molecule has 0 unspecified atom stereocenters. The van der Waals surface area contributed by atoms with Crippen LogP contribution in [0.25, 0.3) is 10.9 Å². The van der Waals surface area contributed by atoms with Crippen molar-refractivity contribution in [2.45, 2.75) is 45.2 Å². The highest BCUT2D eigenvalue weighted by molar-refractivity contribution is 5.79. The van der Waals surface area contributed by atoms with E-state index in [0.29, 0.717) is 6.04 Å². The van der Waals surface area contributed by atoms with Crippen LogP contribution in [0.5, 0.6) is 0 Å². The van der Waals surface area contributed by atoms with Crippen LogP contribution in [0.15, 0.2) is 30.5 Å². The lowest BCUT2D eigenvalue weighted by Gasteiger charge is -2.20. The molecule has 0 spiro atoms. The fourth-order valence-corrected chi connectivity index (χ4v) is 3.11. The molecular weight excluding hydrogens is 220 g/mol. The van der Waals surface area contributed by atoms with Gasteiger partial charge in [-0.3, -0.25) is 0 Å². The molecule has 1 atom stereocenters. The highest BCUT2D eigenvalue weighted by atomic mass is 14.9. The van der Waals surface area contributed by atoms with Gasteiger partial charge < -0.3 is 10.3 Å². The van der Waals surface area contributed by atoms with Crippen LogP contribution in [0.1, 0.15) is 38.2 Å². The molecule has 18 heavy (non-hydrogen) atoms. The highest BCUT2D eigenvalue weighted by Crippen LogP contribution is 2.27. The van der Waals surface area contributed by atoms with Crippen molar-refractivity contribution in [1.29, 1.82) is 0 Å². The highest BCUT2D eigenvalue weighted by Gasteiger charge is 2.20. The number of hydrogen-bond donors (Lipinski definition) is 2. The van der Waals surface area contributed by atoms with Crippen LogP contribution in [-0.2, 0) is 6.54 Å². The van der Waals surface area contributed by atoms with Crippen LogP contribution in [0.2, 0.25) is 0 Å². The summed E-state index contributed by atoms with van der Waals surface area (Å²) in [7, 11) is 0. The molecule has 1 aliphatic rings. The minimum Gasteiger partial charge on any atom is -0.361 e. The first-order valence-corrected chi connectivity index (χ1v) is 7.12. The van der Waals surface area contributed by atoms with Crippen LogP contribution in [0.4, 0.5) is 0 Å². The van der Waals surface area contributed by atoms with Crippen molar-refractivity contribution >= 4 is 10.9 Å². The minimum absolute atomic E-state index is 0.645. The maximum absolute atomic E-state index is 3.68. The third-order valence-corrected chi connectivity index (χ3v) is 4.35. The SMILES string of the molecule is C[C@H](NCc1ccc2cc[nH]c2c1)C1CCCC1. The predicted molar refractivity (Wildman–Crippen MR) is 76.6 cm³/mol. The molecule has 0 radical (unpaired) electrons. The molecule has 2 aromatic rings. The average molecular weight is 242 g/mol. The molecule has 1 aliphatic carbocycles. The maximum atomic E-state index is 3.68. The Balaban J connectivity index is 1.61. The van der Waals surface area contributed by atoms with Gasteiger partial charge >= 0.3 is 0 Å². The van der Waals surface area contributed by atoms with Gasteiger partial charge in [-0.15, -0.1) is 0 Å². The maximum Gasteiger partial charge on any atom is 0.0457 e. The zero-order chi connectivity index (χ0) is 12.4. The van der Waals surface area contributed by atoms with Gasteiger partial charge in [0.25, 0.3) is 0 Å². The number of aromatic amines is 1. The van der Waals surface area contributed by atoms with E-state index in [-0.39, 0.29) is 0 Å². The van der Waals surface area contributed by atoms with Gasteiger partial charge in [0.05, 0.1) is 0 Å². The Kier molecular flexibility index (Phi) is 3.37. The number of nitrogens with one attached hydrogen (secondary N) is 2.